The molecule has 126 valence electrons. The smallest absolute Gasteiger partial charge is 0.471 e. The van der Waals surface area contributed by atoms with E-state index >= 15 is 0 Å². The molecule has 0 N–H and O–H groups in total. The van der Waals surface area contributed by atoms with Gasteiger partial charge in [0.2, 0.25) is 5.91 Å². The molecule has 1 fully saturated rings. The topological polar surface area (TPSA) is 49.9 Å². The van der Waals surface area contributed by atoms with Gasteiger partial charge in [0.1, 0.15) is 5.75 Å². The lowest BCUT2D eigenvalue weighted by molar-refractivity contribution is -0.187. The van der Waals surface area contributed by atoms with Crippen molar-refractivity contribution in [3.63, 3.8) is 0 Å². The highest BCUT2D eigenvalue weighted by Crippen LogP contribution is 2.20. The molecule has 2 amide bonds. The van der Waals surface area contributed by atoms with Gasteiger partial charge >= 0.3 is 12.1 Å². The van der Waals surface area contributed by atoms with Crippen LogP contribution in [0.1, 0.15) is 5.56 Å². The van der Waals surface area contributed by atoms with Crippen LogP contribution in [0, 0.1) is 0 Å². The predicted octanol–water partition coefficient (Wildman–Crippen LogP) is 1.47. The van der Waals surface area contributed by atoms with Crippen molar-refractivity contribution in [2.45, 2.75) is 12.6 Å². The second-order valence-electron chi connectivity index (χ2n) is 5.20. The van der Waals surface area contributed by atoms with Crippen LogP contribution in [0.5, 0.6) is 5.75 Å². The van der Waals surface area contributed by atoms with Crippen LogP contribution < -0.4 is 4.74 Å². The number of halogens is 3. The van der Waals surface area contributed by atoms with E-state index in [1.54, 1.807) is 24.3 Å². The second kappa shape index (κ2) is 6.89. The highest BCUT2D eigenvalue weighted by molar-refractivity contribution is 5.83. The second-order valence-corrected chi connectivity index (χ2v) is 5.20. The first-order chi connectivity index (χ1) is 10.8. The van der Waals surface area contributed by atoms with Crippen molar-refractivity contribution < 1.29 is 27.5 Å². The summed E-state index contributed by atoms with van der Waals surface area (Å²) < 4.78 is 42.2. The highest BCUT2D eigenvalue weighted by Gasteiger charge is 2.43. The van der Waals surface area contributed by atoms with Gasteiger partial charge in [-0.2, -0.15) is 13.2 Å². The van der Waals surface area contributed by atoms with Crippen molar-refractivity contribution in [1.29, 1.82) is 0 Å². The zero-order valence-electron chi connectivity index (χ0n) is 12.6. The Morgan fingerprint density at radius 2 is 1.74 bits per heavy atom. The van der Waals surface area contributed by atoms with E-state index in [0.717, 1.165) is 10.5 Å². The number of hydrogen-bond acceptors (Lipinski definition) is 3. The lowest BCUT2D eigenvalue weighted by atomic mass is 10.1. The first-order valence-electron chi connectivity index (χ1n) is 7.08. The Morgan fingerprint density at radius 3 is 2.30 bits per heavy atom. The number of amides is 2. The van der Waals surface area contributed by atoms with E-state index < -0.39 is 12.1 Å². The molecule has 1 aliphatic heterocycles. The SMILES string of the molecule is COc1cccc(CC(=O)N2CCN(C(=O)C(F)(F)F)CC2)c1. The van der Waals surface area contributed by atoms with Crippen molar-refractivity contribution in [3.05, 3.63) is 29.8 Å². The van der Waals surface area contributed by atoms with Crippen LogP contribution in [0.25, 0.3) is 0 Å². The van der Waals surface area contributed by atoms with Crippen LogP contribution in [0.3, 0.4) is 0 Å². The van der Waals surface area contributed by atoms with Crippen LogP contribution in [0.4, 0.5) is 13.2 Å². The number of hydrogen-bond donors (Lipinski definition) is 0. The Hall–Kier alpha value is -2.25. The minimum atomic E-state index is -4.87. The predicted molar refractivity (Wildman–Crippen MR) is 75.9 cm³/mol. The largest absolute Gasteiger partial charge is 0.497 e. The van der Waals surface area contributed by atoms with Crippen molar-refractivity contribution in [3.8, 4) is 5.75 Å². The number of alkyl halides is 3. The molecule has 0 spiro atoms. The van der Waals surface area contributed by atoms with E-state index in [-0.39, 0.29) is 38.5 Å². The molecule has 0 bridgehead atoms. The molecule has 1 aromatic carbocycles. The first kappa shape index (κ1) is 17.1. The molecule has 1 heterocycles. The van der Waals surface area contributed by atoms with Crippen LogP contribution in [0.2, 0.25) is 0 Å². The van der Waals surface area contributed by atoms with E-state index in [1.165, 1.54) is 12.0 Å². The van der Waals surface area contributed by atoms with Gasteiger partial charge < -0.3 is 14.5 Å². The number of carbonyl (C=O) groups excluding carboxylic acids is 2. The Morgan fingerprint density at radius 1 is 1.13 bits per heavy atom. The molecule has 0 unspecified atom stereocenters. The molecular formula is C15H17F3N2O3. The van der Waals surface area contributed by atoms with Gasteiger partial charge in [-0.05, 0) is 17.7 Å². The van der Waals surface area contributed by atoms with E-state index in [4.69, 9.17) is 4.74 Å². The Kier molecular flexibility index (Phi) is 5.12. The summed E-state index contributed by atoms with van der Waals surface area (Å²) in [4.78, 5) is 25.5. The number of rotatable bonds is 3. The zero-order chi connectivity index (χ0) is 17.0. The fourth-order valence-electron chi connectivity index (χ4n) is 2.41. The maximum Gasteiger partial charge on any atom is 0.471 e. The van der Waals surface area contributed by atoms with Crippen molar-refractivity contribution in [2.24, 2.45) is 0 Å². The summed E-state index contributed by atoms with van der Waals surface area (Å²) >= 11 is 0. The summed E-state index contributed by atoms with van der Waals surface area (Å²) in [6.07, 6.45) is -4.73. The average Bonchev–Trinajstić information content (AvgIpc) is 2.53. The van der Waals surface area contributed by atoms with Crippen molar-refractivity contribution in [1.82, 2.24) is 9.80 Å². The summed E-state index contributed by atoms with van der Waals surface area (Å²) in [5.74, 6) is -1.40. The quantitative estimate of drug-likeness (QED) is 0.843. The summed E-state index contributed by atoms with van der Waals surface area (Å²) in [6.45, 7) is -0.0143. The molecule has 2 rings (SSSR count). The molecule has 0 radical (unpaired) electrons. The van der Waals surface area contributed by atoms with Gasteiger partial charge in [-0.3, -0.25) is 9.59 Å². The van der Waals surface area contributed by atoms with Crippen LogP contribution in [-0.2, 0) is 16.0 Å². The number of benzene rings is 1. The van der Waals surface area contributed by atoms with Crippen LogP contribution >= 0.6 is 0 Å². The number of carbonyl (C=O) groups is 2. The van der Waals surface area contributed by atoms with Gasteiger partial charge in [0.15, 0.2) is 0 Å². The van der Waals surface area contributed by atoms with Gasteiger partial charge in [0.25, 0.3) is 0 Å². The average molecular weight is 330 g/mol. The molecule has 1 aliphatic rings. The Labute approximate surface area is 131 Å². The molecule has 5 nitrogen and oxygen atoms in total. The van der Waals surface area contributed by atoms with Gasteiger partial charge in [0, 0.05) is 26.2 Å². The van der Waals surface area contributed by atoms with Crippen LogP contribution in [-0.4, -0.2) is 61.1 Å². The maximum atomic E-state index is 12.4. The fraction of sp³-hybridized carbons (Fsp3) is 0.467. The maximum absolute atomic E-state index is 12.4. The standard InChI is InChI=1S/C15H17F3N2O3/c1-23-12-4-2-3-11(9-12)10-13(21)19-5-7-20(8-6-19)14(22)15(16,17)18/h2-4,9H,5-8,10H2,1H3. The van der Waals surface area contributed by atoms with Crippen molar-refractivity contribution >= 4 is 11.8 Å². The lowest BCUT2D eigenvalue weighted by Gasteiger charge is -2.35. The van der Waals surface area contributed by atoms with E-state index in [1.807, 2.05) is 0 Å². The molecular weight excluding hydrogens is 313 g/mol. The van der Waals surface area contributed by atoms with E-state index in [2.05, 4.69) is 0 Å². The Balaban J connectivity index is 1.89. The fourth-order valence-corrected chi connectivity index (χ4v) is 2.41. The summed E-state index contributed by atoms with van der Waals surface area (Å²) in [5, 5.41) is 0. The minimum Gasteiger partial charge on any atom is -0.497 e. The zero-order valence-corrected chi connectivity index (χ0v) is 12.6. The van der Waals surface area contributed by atoms with Crippen LogP contribution in [0.15, 0.2) is 24.3 Å². The normalized spacial score (nSPS) is 15.5. The highest BCUT2D eigenvalue weighted by atomic mass is 19.4. The number of methoxy groups -OCH3 is 1. The summed E-state index contributed by atoms with van der Waals surface area (Å²) in [5.41, 5.74) is 0.767. The minimum absolute atomic E-state index is 0.102. The number of nitrogens with zero attached hydrogens (tertiary/aromatic N) is 2. The molecule has 8 heteroatoms. The molecule has 1 aromatic rings. The molecule has 0 aliphatic carbocycles. The molecule has 0 atom stereocenters. The Bertz CT molecular complexity index is 582. The van der Waals surface area contributed by atoms with Gasteiger partial charge in [-0.1, -0.05) is 12.1 Å². The third-order valence-corrected chi connectivity index (χ3v) is 3.65. The molecule has 1 saturated heterocycles. The van der Waals surface area contributed by atoms with E-state index in [0.29, 0.717) is 5.75 Å². The third-order valence-electron chi connectivity index (χ3n) is 3.65. The first-order valence-corrected chi connectivity index (χ1v) is 7.08. The summed E-state index contributed by atoms with van der Waals surface area (Å²) in [6, 6.07) is 7.04. The number of piperazine rings is 1. The van der Waals surface area contributed by atoms with Gasteiger partial charge in [-0.25, -0.2) is 0 Å². The molecule has 0 saturated carbocycles. The summed E-state index contributed by atoms with van der Waals surface area (Å²) in [7, 11) is 1.53. The van der Waals surface area contributed by atoms with E-state index in [9.17, 15) is 22.8 Å². The molecule has 23 heavy (non-hydrogen) atoms. The van der Waals surface area contributed by atoms with Gasteiger partial charge in [0.05, 0.1) is 13.5 Å². The number of ether oxygens (including phenoxy) is 1. The van der Waals surface area contributed by atoms with Gasteiger partial charge in [-0.15, -0.1) is 0 Å². The monoisotopic (exact) mass is 330 g/mol. The van der Waals surface area contributed by atoms with Crippen molar-refractivity contribution in [2.75, 3.05) is 33.3 Å². The lowest BCUT2D eigenvalue weighted by Crippen LogP contribution is -2.53. The molecule has 0 aromatic heterocycles. The third kappa shape index (κ3) is 4.37.